The summed E-state index contributed by atoms with van der Waals surface area (Å²) in [4.78, 5) is 11.8. The number of hydrogen-bond acceptors (Lipinski definition) is 4. The van der Waals surface area contributed by atoms with E-state index in [1.807, 2.05) is 0 Å². The Balaban J connectivity index is 1.97. The molecule has 0 saturated carbocycles. The van der Waals surface area contributed by atoms with Crippen molar-refractivity contribution in [3.8, 4) is 0 Å². The molecule has 8 heteroatoms. The highest BCUT2D eigenvalue weighted by Gasteiger charge is 2.14. The highest BCUT2D eigenvalue weighted by atomic mass is 19.3. The van der Waals surface area contributed by atoms with Crippen LogP contribution >= 0.6 is 0 Å². The third-order valence-corrected chi connectivity index (χ3v) is 2.81. The van der Waals surface area contributed by atoms with E-state index in [4.69, 9.17) is 4.52 Å². The molecule has 0 bridgehead atoms. The Morgan fingerprint density at radius 1 is 1.50 bits per heavy atom. The van der Waals surface area contributed by atoms with E-state index in [1.54, 1.807) is 13.8 Å². The molecule has 108 valence electrons. The van der Waals surface area contributed by atoms with Crippen molar-refractivity contribution in [2.24, 2.45) is 0 Å². The van der Waals surface area contributed by atoms with Crippen LogP contribution in [0.15, 0.2) is 16.8 Å². The summed E-state index contributed by atoms with van der Waals surface area (Å²) >= 11 is 0. The Kier molecular flexibility index (Phi) is 4.11. The van der Waals surface area contributed by atoms with Crippen molar-refractivity contribution in [1.29, 1.82) is 0 Å². The highest BCUT2D eigenvalue weighted by molar-refractivity contribution is 5.92. The van der Waals surface area contributed by atoms with Crippen molar-refractivity contribution >= 4 is 5.91 Å². The fraction of sp³-hybridized carbons (Fsp3) is 0.417. The highest BCUT2D eigenvalue weighted by Crippen LogP contribution is 2.11. The number of alkyl halides is 2. The molecule has 2 rings (SSSR count). The Hall–Kier alpha value is -2.25. The summed E-state index contributed by atoms with van der Waals surface area (Å²) in [6, 6.07) is 1.39. The maximum Gasteiger partial charge on any atom is 0.272 e. The second kappa shape index (κ2) is 5.81. The van der Waals surface area contributed by atoms with E-state index in [0.29, 0.717) is 11.5 Å². The zero-order chi connectivity index (χ0) is 14.7. The van der Waals surface area contributed by atoms with Crippen LogP contribution in [0.4, 0.5) is 8.78 Å². The molecule has 0 aliphatic heterocycles. The maximum absolute atomic E-state index is 12.2. The number of carbonyl (C=O) groups is 1. The van der Waals surface area contributed by atoms with Gasteiger partial charge >= 0.3 is 0 Å². The minimum atomic E-state index is -2.51. The molecule has 1 N–H and O–H groups in total. The molecule has 6 nitrogen and oxygen atoms in total. The van der Waals surface area contributed by atoms with Crippen molar-refractivity contribution in [2.75, 3.05) is 0 Å². The molecule has 2 aromatic heterocycles. The standard InChI is InChI=1S/C12H14F2N4O2/c1-7-9(8(2)20-17-7)5-15-12(19)10-3-4-18(16-10)6-11(13)14/h3-4,11H,5-6H2,1-2H3,(H,15,19). The fourth-order valence-electron chi connectivity index (χ4n) is 1.74. The van der Waals surface area contributed by atoms with Crippen molar-refractivity contribution in [1.82, 2.24) is 20.3 Å². The van der Waals surface area contributed by atoms with E-state index in [1.165, 1.54) is 12.3 Å². The van der Waals surface area contributed by atoms with Gasteiger partial charge in [-0.1, -0.05) is 5.16 Å². The Morgan fingerprint density at radius 2 is 2.25 bits per heavy atom. The number of halogens is 2. The zero-order valence-electron chi connectivity index (χ0n) is 11.1. The molecule has 1 amide bonds. The molecule has 0 aromatic carbocycles. The van der Waals surface area contributed by atoms with Crippen molar-refractivity contribution in [2.45, 2.75) is 33.4 Å². The average molecular weight is 284 g/mol. The fourth-order valence-corrected chi connectivity index (χ4v) is 1.74. The molecule has 20 heavy (non-hydrogen) atoms. The van der Waals surface area contributed by atoms with Crippen LogP contribution in [0.5, 0.6) is 0 Å². The lowest BCUT2D eigenvalue weighted by Crippen LogP contribution is -2.24. The van der Waals surface area contributed by atoms with Crippen LogP contribution in [0.3, 0.4) is 0 Å². The molecular formula is C12H14F2N4O2. The van der Waals surface area contributed by atoms with Crippen LogP contribution in [-0.4, -0.2) is 27.3 Å². The van der Waals surface area contributed by atoms with E-state index in [-0.39, 0.29) is 12.2 Å². The van der Waals surface area contributed by atoms with Gasteiger partial charge in [-0.05, 0) is 19.9 Å². The van der Waals surface area contributed by atoms with Crippen LogP contribution in [0, 0.1) is 13.8 Å². The topological polar surface area (TPSA) is 73.0 Å². The molecule has 2 heterocycles. The van der Waals surface area contributed by atoms with Gasteiger partial charge in [-0.2, -0.15) is 5.10 Å². The van der Waals surface area contributed by atoms with E-state index in [9.17, 15) is 13.6 Å². The Bertz CT molecular complexity index is 587. The molecular weight excluding hydrogens is 270 g/mol. The van der Waals surface area contributed by atoms with Crippen LogP contribution < -0.4 is 5.32 Å². The van der Waals surface area contributed by atoms with Gasteiger partial charge in [-0.3, -0.25) is 9.48 Å². The predicted molar refractivity (Wildman–Crippen MR) is 65.4 cm³/mol. The first-order valence-corrected chi connectivity index (χ1v) is 5.99. The number of amides is 1. The van der Waals surface area contributed by atoms with Gasteiger partial charge in [0.2, 0.25) is 0 Å². The summed E-state index contributed by atoms with van der Waals surface area (Å²) in [6.07, 6.45) is -1.16. The lowest BCUT2D eigenvalue weighted by molar-refractivity contribution is 0.0940. The van der Waals surface area contributed by atoms with Crippen LogP contribution in [0.2, 0.25) is 0 Å². The minimum absolute atomic E-state index is 0.0948. The molecule has 0 aliphatic carbocycles. The molecule has 0 atom stereocenters. The Morgan fingerprint density at radius 3 is 2.85 bits per heavy atom. The van der Waals surface area contributed by atoms with Gasteiger partial charge in [0.15, 0.2) is 0 Å². The lowest BCUT2D eigenvalue weighted by Gasteiger charge is -2.03. The average Bonchev–Trinajstić information content (AvgIpc) is 2.95. The molecule has 0 spiro atoms. The second-order valence-electron chi connectivity index (χ2n) is 4.30. The zero-order valence-corrected chi connectivity index (χ0v) is 11.1. The predicted octanol–water partition coefficient (Wildman–Crippen LogP) is 1.68. The van der Waals surface area contributed by atoms with E-state index in [2.05, 4.69) is 15.6 Å². The third kappa shape index (κ3) is 3.19. The summed E-state index contributed by atoms with van der Waals surface area (Å²) in [5, 5.41) is 10.2. The second-order valence-corrected chi connectivity index (χ2v) is 4.30. The van der Waals surface area contributed by atoms with Crippen LogP contribution in [-0.2, 0) is 13.1 Å². The van der Waals surface area contributed by atoms with Gasteiger partial charge in [-0.25, -0.2) is 8.78 Å². The summed E-state index contributed by atoms with van der Waals surface area (Å²) in [6.45, 7) is 3.24. The van der Waals surface area contributed by atoms with Gasteiger partial charge in [-0.15, -0.1) is 0 Å². The quantitative estimate of drug-likeness (QED) is 0.906. The minimum Gasteiger partial charge on any atom is -0.361 e. The first kappa shape index (κ1) is 14.2. The largest absolute Gasteiger partial charge is 0.361 e. The van der Waals surface area contributed by atoms with Gasteiger partial charge in [0, 0.05) is 18.3 Å². The van der Waals surface area contributed by atoms with Crippen molar-refractivity contribution in [3.63, 3.8) is 0 Å². The molecule has 0 radical (unpaired) electrons. The maximum atomic E-state index is 12.2. The number of nitrogens with one attached hydrogen (secondary N) is 1. The van der Waals surface area contributed by atoms with Crippen molar-refractivity contribution < 1.29 is 18.1 Å². The number of nitrogens with zero attached hydrogens (tertiary/aromatic N) is 3. The summed E-state index contributed by atoms with van der Waals surface area (Å²) in [7, 11) is 0. The van der Waals surface area contributed by atoms with Gasteiger partial charge in [0.05, 0.1) is 5.69 Å². The lowest BCUT2D eigenvalue weighted by atomic mass is 10.2. The van der Waals surface area contributed by atoms with E-state index >= 15 is 0 Å². The van der Waals surface area contributed by atoms with Gasteiger partial charge in [0.25, 0.3) is 12.3 Å². The molecule has 0 unspecified atom stereocenters. The number of aryl methyl sites for hydroxylation is 2. The van der Waals surface area contributed by atoms with E-state index < -0.39 is 18.9 Å². The third-order valence-electron chi connectivity index (χ3n) is 2.81. The first-order valence-electron chi connectivity index (χ1n) is 5.99. The monoisotopic (exact) mass is 284 g/mol. The number of carbonyl (C=O) groups excluding carboxylic acids is 1. The summed E-state index contributed by atoms with van der Waals surface area (Å²) in [5.41, 5.74) is 1.59. The normalized spacial score (nSPS) is 11.1. The van der Waals surface area contributed by atoms with Gasteiger partial charge < -0.3 is 9.84 Å². The SMILES string of the molecule is Cc1noc(C)c1CNC(=O)c1ccn(CC(F)F)n1. The van der Waals surface area contributed by atoms with Crippen LogP contribution in [0.25, 0.3) is 0 Å². The molecule has 0 fully saturated rings. The summed E-state index contributed by atoms with van der Waals surface area (Å²) in [5.74, 6) is 0.198. The molecule has 2 aromatic rings. The molecule has 0 saturated heterocycles. The molecule has 0 aliphatic rings. The van der Waals surface area contributed by atoms with Gasteiger partial charge in [0.1, 0.15) is 18.0 Å². The Labute approximate surface area is 113 Å². The van der Waals surface area contributed by atoms with Crippen LogP contribution in [0.1, 0.15) is 27.5 Å². The number of hydrogen-bond donors (Lipinski definition) is 1. The van der Waals surface area contributed by atoms with Crippen molar-refractivity contribution in [3.05, 3.63) is 35.0 Å². The smallest absolute Gasteiger partial charge is 0.272 e. The summed E-state index contributed by atoms with van der Waals surface area (Å²) < 4.78 is 30.4. The number of aromatic nitrogens is 3. The first-order chi connectivity index (χ1) is 9.47. The number of rotatable bonds is 5. The van der Waals surface area contributed by atoms with E-state index in [0.717, 1.165) is 10.2 Å².